The Morgan fingerprint density at radius 3 is 1.30 bits per heavy atom. The van der Waals surface area contributed by atoms with Gasteiger partial charge in [0.1, 0.15) is 11.6 Å². The summed E-state index contributed by atoms with van der Waals surface area (Å²) < 4.78 is 1.61. The number of aromatic amines is 2. The lowest BCUT2D eigenvalue weighted by Crippen LogP contribution is -1.98. The number of carbonyl (C=O) groups is 1. The van der Waals surface area contributed by atoms with Crippen molar-refractivity contribution in [1.29, 1.82) is 5.26 Å². The molecule has 0 spiro atoms. The Morgan fingerprint density at radius 2 is 0.912 bits per heavy atom. The molecule has 4 aromatic carbocycles. The van der Waals surface area contributed by atoms with Crippen LogP contribution in [0.4, 0.5) is 0 Å². The van der Waals surface area contributed by atoms with Gasteiger partial charge in [0.25, 0.3) is 0 Å². The highest BCUT2D eigenvalue weighted by atomic mass is 79.9. The van der Waals surface area contributed by atoms with Crippen molar-refractivity contribution >= 4 is 80.5 Å². The molecular formula is C48H29Br2N5O2. The molecule has 9 rings (SSSR count). The number of nitriles is 1. The Bertz CT molecular complexity index is 3050. The number of fused-ring (bicyclic) bond motifs is 8. The van der Waals surface area contributed by atoms with Gasteiger partial charge in [-0.2, -0.15) is 5.26 Å². The first-order valence-electron chi connectivity index (χ1n) is 18.0. The highest BCUT2D eigenvalue weighted by Crippen LogP contribution is 2.47. The standard InChI is InChI=1S/C48H29Br2N5O2/c49-43-44(50)47-42(31-19-11-4-12-20-31)37-24-23-35(53-37)40(29-15-7-2-8-16-29)45-32(25-33(27-51)48(56)57)26-38(54-45)39(28-13-5-1-6-14-28)34-21-22-36(52-34)41(46(43)55-47)30-17-9-3-10-18-30/h1-26,52-53H,(H,56,57)/b33-25-,39-34?,39-38?,40-35?,41-36?,42-37?,45-40?,46-41?,47-42?. The molecule has 7 nitrogen and oxygen atoms in total. The minimum Gasteiger partial charge on any atom is -0.477 e. The van der Waals surface area contributed by atoms with Gasteiger partial charge in [-0.25, -0.2) is 14.8 Å². The molecule has 3 aromatic heterocycles. The monoisotopic (exact) mass is 865 g/mol. The van der Waals surface area contributed by atoms with Gasteiger partial charge in [0.15, 0.2) is 0 Å². The van der Waals surface area contributed by atoms with E-state index in [0.717, 1.165) is 86.9 Å². The molecule has 8 bridgehead atoms. The number of aliphatic carboxylic acids is 1. The first kappa shape index (κ1) is 35.8. The predicted octanol–water partition coefficient (Wildman–Crippen LogP) is 12.7. The van der Waals surface area contributed by atoms with Gasteiger partial charge in [0, 0.05) is 49.9 Å². The Labute approximate surface area is 344 Å². The summed E-state index contributed by atoms with van der Waals surface area (Å²) in [6.07, 6.45) is 3.27. The number of allylic oxidation sites excluding steroid dienone is 2. The first-order valence-corrected chi connectivity index (χ1v) is 19.6. The van der Waals surface area contributed by atoms with Crippen molar-refractivity contribution in [3.05, 3.63) is 180 Å². The van der Waals surface area contributed by atoms with Crippen LogP contribution in [-0.2, 0) is 4.79 Å². The van der Waals surface area contributed by atoms with Crippen LogP contribution in [0.3, 0.4) is 0 Å². The Hall–Kier alpha value is -6.86. The third-order valence-electron chi connectivity index (χ3n) is 9.95. The third kappa shape index (κ3) is 6.55. The van der Waals surface area contributed by atoms with Crippen molar-refractivity contribution in [3.8, 4) is 50.6 Å². The van der Waals surface area contributed by atoms with Crippen molar-refractivity contribution < 1.29 is 9.90 Å². The molecule has 272 valence electrons. The number of hydrogen-bond acceptors (Lipinski definition) is 4. The van der Waals surface area contributed by atoms with Crippen molar-refractivity contribution in [2.45, 2.75) is 0 Å². The summed E-state index contributed by atoms with van der Waals surface area (Å²) in [7, 11) is 0. The molecule has 2 aliphatic rings. The maximum absolute atomic E-state index is 12.3. The van der Waals surface area contributed by atoms with E-state index in [1.54, 1.807) is 0 Å². The summed E-state index contributed by atoms with van der Waals surface area (Å²) in [5.41, 5.74) is 12.8. The minimum atomic E-state index is -1.32. The van der Waals surface area contributed by atoms with Gasteiger partial charge in [-0.3, -0.25) is 0 Å². The van der Waals surface area contributed by atoms with E-state index >= 15 is 0 Å². The highest BCUT2D eigenvalue weighted by molar-refractivity contribution is 9.18. The van der Waals surface area contributed by atoms with Gasteiger partial charge in [0.05, 0.1) is 31.7 Å². The smallest absolute Gasteiger partial charge is 0.346 e. The Morgan fingerprint density at radius 1 is 0.544 bits per heavy atom. The Balaban J connectivity index is 1.55. The average Bonchev–Trinajstić information content (AvgIpc) is 4.06. The van der Waals surface area contributed by atoms with Crippen molar-refractivity contribution in [3.63, 3.8) is 0 Å². The fourth-order valence-corrected chi connectivity index (χ4v) is 8.36. The van der Waals surface area contributed by atoms with Gasteiger partial charge in [-0.1, -0.05) is 121 Å². The van der Waals surface area contributed by atoms with Crippen LogP contribution in [0.15, 0.2) is 157 Å². The molecule has 9 heteroatoms. The van der Waals surface area contributed by atoms with Crippen LogP contribution in [0.25, 0.3) is 87.2 Å². The number of carboxylic acids is 1. The fourth-order valence-electron chi connectivity index (χ4n) is 7.41. The van der Waals surface area contributed by atoms with Crippen LogP contribution in [0.1, 0.15) is 22.8 Å². The number of rotatable bonds is 6. The van der Waals surface area contributed by atoms with Gasteiger partial charge in [-0.05, 0) is 90.5 Å². The number of nitrogens with zero attached hydrogens (tertiary/aromatic N) is 3. The largest absolute Gasteiger partial charge is 0.477 e. The molecule has 5 heterocycles. The van der Waals surface area contributed by atoms with Crippen LogP contribution >= 0.6 is 31.9 Å². The van der Waals surface area contributed by atoms with E-state index in [0.29, 0.717) is 17.0 Å². The number of hydrogen-bond donors (Lipinski definition) is 3. The molecule has 0 aliphatic carbocycles. The molecule has 3 N–H and O–H groups in total. The van der Waals surface area contributed by atoms with Crippen molar-refractivity contribution in [1.82, 2.24) is 19.9 Å². The summed E-state index contributed by atoms with van der Waals surface area (Å²) in [5.74, 6) is -1.32. The van der Waals surface area contributed by atoms with E-state index in [1.807, 2.05) is 127 Å². The Kier molecular flexibility index (Phi) is 9.42. The zero-order valence-electron chi connectivity index (χ0n) is 30.0. The first-order chi connectivity index (χ1) is 27.9. The summed E-state index contributed by atoms with van der Waals surface area (Å²) >= 11 is 7.91. The normalized spacial score (nSPS) is 12.6. The third-order valence-corrected chi connectivity index (χ3v) is 12.0. The second-order valence-electron chi connectivity index (χ2n) is 13.4. The molecule has 0 fully saturated rings. The lowest BCUT2D eigenvalue weighted by atomic mass is 9.98. The quantitative estimate of drug-likeness (QED) is 0.114. The summed E-state index contributed by atoms with van der Waals surface area (Å²) in [6, 6.07) is 50.1. The average molecular weight is 868 g/mol. The minimum absolute atomic E-state index is 0.404. The van der Waals surface area contributed by atoms with E-state index in [2.05, 4.69) is 72.2 Å². The van der Waals surface area contributed by atoms with Crippen LogP contribution in [0.5, 0.6) is 0 Å². The van der Waals surface area contributed by atoms with Crippen molar-refractivity contribution in [2.24, 2.45) is 0 Å². The lowest BCUT2D eigenvalue weighted by molar-refractivity contribution is -0.132. The zero-order valence-corrected chi connectivity index (χ0v) is 33.1. The molecule has 0 saturated carbocycles. The molecule has 2 aliphatic heterocycles. The van der Waals surface area contributed by atoms with Gasteiger partial charge in [-0.15, -0.1) is 0 Å². The van der Waals surface area contributed by atoms with E-state index in [1.165, 1.54) is 6.08 Å². The van der Waals surface area contributed by atoms with Crippen LogP contribution in [-0.4, -0.2) is 31.0 Å². The number of aromatic nitrogens is 4. The molecule has 0 amide bonds. The maximum atomic E-state index is 12.3. The molecule has 0 unspecified atom stereocenters. The van der Waals surface area contributed by atoms with Gasteiger partial charge < -0.3 is 15.1 Å². The van der Waals surface area contributed by atoms with Gasteiger partial charge >= 0.3 is 5.97 Å². The summed E-state index contributed by atoms with van der Waals surface area (Å²) in [5, 5.41) is 20.0. The molecule has 7 aromatic rings. The maximum Gasteiger partial charge on any atom is 0.346 e. The van der Waals surface area contributed by atoms with Crippen LogP contribution in [0.2, 0.25) is 0 Å². The molecular weight excluding hydrogens is 838 g/mol. The predicted molar refractivity (Wildman–Crippen MR) is 237 cm³/mol. The topological polar surface area (TPSA) is 118 Å². The van der Waals surface area contributed by atoms with E-state index < -0.39 is 11.5 Å². The number of nitrogens with one attached hydrogen (secondary N) is 2. The fraction of sp³-hybridized carbons (Fsp3) is 0. The van der Waals surface area contributed by atoms with E-state index in [-0.39, 0.29) is 0 Å². The summed E-state index contributed by atoms with van der Waals surface area (Å²) in [6.45, 7) is 0. The van der Waals surface area contributed by atoms with Crippen LogP contribution in [0, 0.1) is 11.3 Å². The lowest BCUT2D eigenvalue weighted by Gasteiger charge is -2.08. The number of halogens is 2. The highest BCUT2D eigenvalue weighted by Gasteiger charge is 2.26. The second-order valence-corrected chi connectivity index (χ2v) is 15.0. The molecule has 0 atom stereocenters. The molecule has 0 saturated heterocycles. The SMILES string of the molecule is N#C/C(=C/C1=Cc2nc1c(-c1ccccc1)c1ccc([nH]1)c(-c1ccccc1)c1nc(c(-c3ccccc3)c3ccc([nH]3)c2-c2ccccc2)C(Br)=C1Br)C(=O)O. The summed E-state index contributed by atoms with van der Waals surface area (Å²) in [4.78, 5) is 30.6. The van der Waals surface area contributed by atoms with Gasteiger partial charge in [0.2, 0.25) is 0 Å². The second kappa shape index (κ2) is 15.0. The molecule has 0 radical (unpaired) electrons. The van der Waals surface area contributed by atoms with E-state index in [9.17, 15) is 15.2 Å². The van der Waals surface area contributed by atoms with E-state index in [4.69, 9.17) is 9.97 Å². The van der Waals surface area contributed by atoms with Crippen molar-refractivity contribution in [2.75, 3.05) is 0 Å². The number of carboxylic acid groups (broad SMARTS) is 1. The zero-order chi connectivity index (χ0) is 39.0. The van der Waals surface area contributed by atoms with Crippen LogP contribution < -0.4 is 0 Å². The number of H-pyrrole nitrogens is 2. The molecule has 57 heavy (non-hydrogen) atoms. The number of benzene rings is 4.